The first-order valence-corrected chi connectivity index (χ1v) is 5.82. The van der Waals surface area contributed by atoms with Gasteiger partial charge in [-0.2, -0.15) is 0 Å². The Labute approximate surface area is 114 Å². The molecule has 0 saturated heterocycles. The highest BCUT2D eigenvalue weighted by atomic mass is 32.1. The van der Waals surface area contributed by atoms with Crippen LogP contribution in [0.4, 0.5) is 5.82 Å². The van der Waals surface area contributed by atoms with Crippen LogP contribution < -0.4 is 20.8 Å². The minimum Gasteiger partial charge on any atom is -0.493 e. The Hall–Kier alpha value is -2.28. The number of rotatable bonds is 3. The van der Waals surface area contributed by atoms with E-state index in [1.165, 1.54) is 13.2 Å². The van der Waals surface area contributed by atoms with E-state index >= 15 is 0 Å². The minimum absolute atomic E-state index is 0.220. The smallest absolute Gasteiger partial charge is 0.253 e. The van der Waals surface area contributed by atoms with E-state index in [4.69, 9.17) is 27.4 Å². The lowest BCUT2D eigenvalue weighted by Crippen LogP contribution is -2.15. The van der Waals surface area contributed by atoms with Crippen LogP contribution in [-0.4, -0.2) is 23.8 Å². The third kappa shape index (κ3) is 2.45. The van der Waals surface area contributed by atoms with E-state index < -0.39 is 0 Å². The number of nitrogen functional groups attached to an aromatic ring is 1. The SMILES string of the molecule is COc1ccc(-n2c(N)cc(=O)[nH]c2=S)cc1OC. The van der Waals surface area contributed by atoms with Gasteiger partial charge < -0.3 is 15.2 Å². The molecule has 0 atom stereocenters. The Morgan fingerprint density at radius 1 is 1.21 bits per heavy atom. The average Bonchev–Trinajstić information content (AvgIpc) is 2.37. The summed E-state index contributed by atoms with van der Waals surface area (Å²) in [5.41, 5.74) is 6.16. The largest absolute Gasteiger partial charge is 0.493 e. The number of benzene rings is 1. The monoisotopic (exact) mass is 279 g/mol. The Balaban J connectivity index is 2.66. The predicted octanol–water partition coefficient (Wildman–Crippen LogP) is 1.49. The molecule has 0 fully saturated rings. The first-order chi connectivity index (χ1) is 9.06. The van der Waals surface area contributed by atoms with Crippen molar-refractivity contribution in [2.24, 2.45) is 0 Å². The summed E-state index contributed by atoms with van der Waals surface area (Å²) in [5, 5.41) is 0. The number of aromatic nitrogens is 2. The number of H-pyrrole nitrogens is 1. The molecule has 19 heavy (non-hydrogen) atoms. The molecule has 0 radical (unpaired) electrons. The number of aromatic amines is 1. The van der Waals surface area contributed by atoms with Crippen molar-refractivity contribution in [3.05, 3.63) is 39.4 Å². The third-order valence-electron chi connectivity index (χ3n) is 2.60. The van der Waals surface area contributed by atoms with Gasteiger partial charge in [-0.05, 0) is 24.4 Å². The van der Waals surface area contributed by atoms with Gasteiger partial charge in [0.05, 0.1) is 19.9 Å². The fraction of sp³-hybridized carbons (Fsp3) is 0.167. The molecule has 2 aromatic rings. The van der Waals surface area contributed by atoms with Gasteiger partial charge in [-0.15, -0.1) is 0 Å². The summed E-state index contributed by atoms with van der Waals surface area (Å²) in [7, 11) is 3.09. The van der Waals surface area contributed by atoms with Crippen LogP contribution in [0.2, 0.25) is 0 Å². The summed E-state index contributed by atoms with van der Waals surface area (Å²) in [6.45, 7) is 0. The van der Waals surface area contributed by atoms with E-state index in [0.29, 0.717) is 17.2 Å². The molecule has 2 rings (SSSR count). The standard InChI is InChI=1S/C12H13N3O3S/c1-17-8-4-3-7(5-9(8)18-2)15-10(13)6-11(16)14-12(15)19/h3-6H,13H2,1-2H3,(H,14,16,19). The fourth-order valence-corrected chi connectivity index (χ4v) is 2.06. The summed E-state index contributed by atoms with van der Waals surface area (Å²) in [4.78, 5) is 13.8. The fourth-order valence-electron chi connectivity index (χ4n) is 1.74. The molecule has 3 N–H and O–H groups in total. The molecule has 0 aliphatic rings. The molecule has 0 saturated carbocycles. The van der Waals surface area contributed by atoms with Crippen LogP contribution in [0.3, 0.4) is 0 Å². The normalized spacial score (nSPS) is 10.2. The van der Waals surface area contributed by atoms with E-state index in [-0.39, 0.29) is 16.1 Å². The Morgan fingerprint density at radius 2 is 1.89 bits per heavy atom. The van der Waals surface area contributed by atoms with Crippen molar-refractivity contribution >= 4 is 18.0 Å². The minimum atomic E-state index is -0.334. The molecule has 0 bridgehead atoms. The van der Waals surface area contributed by atoms with Crippen LogP contribution in [0.1, 0.15) is 0 Å². The molecule has 6 nitrogen and oxygen atoms in total. The van der Waals surface area contributed by atoms with Gasteiger partial charge in [0.25, 0.3) is 5.56 Å². The molecule has 1 heterocycles. The average molecular weight is 279 g/mol. The topological polar surface area (TPSA) is 82.3 Å². The van der Waals surface area contributed by atoms with Gasteiger partial charge in [0.1, 0.15) is 5.82 Å². The first kappa shape index (κ1) is 13.2. The number of nitrogens with zero attached hydrogens (tertiary/aromatic N) is 1. The Kier molecular flexibility index (Phi) is 3.57. The van der Waals surface area contributed by atoms with Gasteiger partial charge in [-0.25, -0.2) is 0 Å². The molecule has 0 aliphatic carbocycles. The molecule has 0 aliphatic heterocycles. The van der Waals surface area contributed by atoms with Crippen LogP contribution >= 0.6 is 12.2 Å². The highest BCUT2D eigenvalue weighted by Gasteiger charge is 2.08. The van der Waals surface area contributed by atoms with Crippen LogP contribution in [0.15, 0.2) is 29.1 Å². The second-order valence-electron chi connectivity index (χ2n) is 3.74. The number of nitrogens with one attached hydrogen (secondary N) is 1. The van der Waals surface area contributed by atoms with Gasteiger partial charge in [-0.1, -0.05) is 0 Å². The van der Waals surface area contributed by atoms with Crippen LogP contribution in [0.25, 0.3) is 5.69 Å². The Bertz CT molecular complexity index is 721. The van der Waals surface area contributed by atoms with Gasteiger partial charge in [0, 0.05) is 12.1 Å². The highest BCUT2D eigenvalue weighted by molar-refractivity contribution is 7.71. The van der Waals surface area contributed by atoms with Crippen molar-refractivity contribution in [3.63, 3.8) is 0 Å². The molecular weight excluding hydrogens is 266 g/mol. The maximum Gasteiger partial charge on any atom is 0.253 e. The second kappa shape index (κ2) is 5.15. The van der Waals surface area contributed by atoms with Crippen molar-refractivity contribution < 1.29 is 9.47 Å². The number of hydrogen-bond donors (Lipinski definition) is 2. The number of nitrogens with two attached hydrogens (primary N) is 1. The van der Waals surface area contributed by atoms with Crippen molar-refractivity contribution in [3.8, 4) is 17.2 Å². The van der Waals surface area contributed by atoms with E-state index in [1.807, 2.05) is 0 Å². The zero-order valence-corrected chi connectivity index (χ0v) is 11.3. The van der Waals surface area contributed by atoms with E-state index in [9.17, 15) is 4.79 Å². The highest BCUT2D eigenvalue weighted by Crippen LogP contribution is 2.29. The van der Waals surface area contributed by atoms with Gasteiger partial charge in [-0.3, -0.25) is 14.3 Å². The summed E-state index contributed by atoms with van der Waals surface area (Å²) >= 11 is 5.11. The molecule has 0 spiro atoms. The van der Waals surface area contributed by atoms with E-state index in [2.05, 4.69) is 4.98 Å². The summed E-state index contributed by atoms with van der Waals surface area (Å²) in [6.07, 6.45) is 0. The molecule has 1 aromatic carbocycles. The van der Waals surface area contributed by atoms with Crippen LogP contribution in [-0.2, 0) is 0 Å². The molecule has 0 unspecified atom stereocenters. The molecule has 1 aromatic heterocycles. The lowest BCUT2D eigenvalue weighted by molar-refractivity contribution is 0.355. The van der Waals surface area contributed by atoms with Crippen molar-refractivity contribution in [2.45, 2.75) is 0 Å². The van der Waals surface area contributed by atoms with Gasteiger partial charge in [0.15, 0.2) is 16.3 Å². The van der Waals surface area contributed by atoms with Crippen LogP contribution in [0.5, 0.6) is 11.5 Å². The number of hydrogen-bond acceptors (Lipinski definition) is 5. The van der Waals surface area contributed by atoms with E-state index in [1.54, 1.807) is 29.9 Å². The maximum atomic E-state index is 11.3. The number of methoxy groups -OCH3 is 2. The molecular formula is C12H13N3O3S. The zero-order valence-electron chi connectivity index (χ0n) is 10.5. The van der Waals surface area contributed by atoms with Crippen molar-refractivity contribution in [1.29, 1.82) is 0 Å². The second-order valence-corrected chi connectivity index (χ2v) is 4.13. The predicted molar refractivity (Wildman–Crippen MR) is 74.7 cm³/mol. The summed E-state index contributed by atoms with van der Waals surface area (Å²) in [5.74, 6) is 1.40. The van der Waals surface area contributed by atoms with Crippen molar-refractivity contribution in [2.75, 3.05) is 20.0 Å². The maximum absolute atomic E-state index is 11.3. The van der Waals surface area contributed by atoms with Crippen molar-refractivity contribution in [1.82, 2.24) is 9.55 Å². The Morgan fingerprint density at radius 3 is 2.47 bits per heavy atom. The lowest BCUT2D eigenvalue weighted by Gasteiger charge is -2.13. The molecule has 0 amide bonds. The number of anilines is 1. The summed E-state index contributed by atoms with van der Waals surface area (Å²) in [6, 6.07) is 6.50. The third-order valence-corrected chi connectivity index (χ3v) is 2.88. The van der Waals surface area contributed by atoms with E-state index in [0.717, 1.165) is 0 Å². The lowest BCUT2D eigenvalue weighted by atomic mass is 10.2. The quantitative estimate of drug-likeness (QED) is 0.832. The van der Waals surface area contributed by atoms with Crippen LogP contribution in [0, 0.1) is 4.77 Å². The summed E-state index contributed by atoms with van der Waals surface area (Å²) < 4.78 is 12.1. The van der Waals surface area contributed by atoms with Gasteiger partial charge in [0.2, 0.25) is 0 Å². The molecule has 100 valence electrons. The first-order valence-electron chi connectivity index (χ1n) is 5.41. The molecule has 7 heteroatoms. The number of ether oxygens (including phenoxy) is 2. The zero-order chi connectivity index (χ0) is 14.0. The van der Waals surface area contributed by atoms with Gasteiger partial charge >= 0.3 is 0 Å².